The highest BCUT2D eigenvalue weighted by Crippen LogP contribution is 2.40. The maximum absolute atomic E-state index is 13.1. The summed E-state index contributed by atoms with van der Waals surface area (Å²) in [5, 5.41) is 21.2. The molecule has 1 atom stereocenters. The number of carbonyl (C=O) groups is 2. The summed E-state index contributed by atoms with van der Waals surface area (Å²) in [5.74, 6) is -0.902. The van der Waals surface area contributed by atoms with Crippen LogP contribution in [0.15, 0.2) is 54.1 Å². The number of aromatic hydroxyl groups is 1. The third kappa shape index (κ3) is 5.59. The highest BCUT2D eigenvalue weighted by atomic mass is 16.5. The monoisotopic (exact) mass is 466 g/mol. The van der Waals surface area contributed by atoms with E-state index in [-0.39, 0.29) is 17.1 Å². The molecule has 2 aromatic carbocycles. The Morgan fingerprint density at radius 3 is 2.38 bits per heavy atom. The van der Waals surface area contributed by atoms with Gasteiger partial charge in [-0.1, -0.05) is 32.9 Å². The highest BCUT2D eigenvalue weighted by molar-refractivity contribution is 6.46. The van der Waals surface area contributed by atoms with E-state index in [0.717, 1.165) is 26.1 Å². The molecule has 1 heterocycles. The largest absolute Gasteiger partial charge is 0.508 e. The maximum Gasteiger partial charge on any atom is 0.295 e. The number of ether oxygens (including phenoxy) is 1. The number of carbonyl (C=O) groups excluding carboxylic acids is 2. The average molecular weight is 467 g/mol. The number of nitrogens with zero attached hydrogens (tertiary/aromatic N) is 2. The van der Waals surface area contributed by atoms with E-state index in [0.29, 0.717) is 36.4 Å². The van der Waals surface area contributed by atoms with E-state index in [9.17, 15) is 19.8 Å². The highest BCUT2D eigenvalue weighted by Gasteiger charge is 2.45. The van der Waals surface area contributed by atoms with Crippen LogP contribution in [0.3, 0.4) is 0 Å². The van der Waals surface area contributed by atoms with Gasteiger partial charge in [0.2, 0.25) is 0 Å². The summed E-state index contributed by atoms with van der Waals surface area (Å²) in [5.41, 5.74) is 1.03. The van der Waals surface area contributed by atoms with Gasteiger partial charge in [-0.15, -0.1) is 0 Å². The summed E-state index contributed by atoms with van der Waals surface area (Å²) in [6.45, 7) is 9.74. The topological polar surface area (TPSA) is 90.3 Å². The molecule has 0 saturated carbocycles. The molecule has 2 aromatic rings. The Bertz CT molecular complexity index is 1030. The van der Waals surface area contributed by atoms with Gasteiger partial charge in [-0.05, 0) is 74.4 Å². The molecule has 1 aliphatic rings. The number of benzene rings is 2. The van der Waals surface area contributed by atoms with Crippen LogP contribution >= 0.6 is 0 Å². The minimum atomic E-state index is -0.778. The SMILES string of the molecule is CCCOc1ccc(/C(O)=C2\C(=O)C(=O)N(CCCN(CC)CC)C2c2cccc(O)c2)cc1. The third-order valence-corrected chi connectivity index (χ3v) is 6.09. The minimum Gasteiger partial charge on any atom is -0.508 e. The van der Waals surface area contributed by atoms with Gasteiger partial charge in [-0.2, -0.15) is 0 Å². The zero-order valence-corrected chi connectivity index (χ0v) is 20.2. The van der Waals surface area contributed by atoms with Crippen molar-refractivity contribution in [2.24, 2.45) is 0 Å². The van der Waals surface area contributed by atoms with Crippen molar-refractivity contribution in [3.8, 4) is 11.5 Å². The molecule has 0 aromatic heterocycles. The predicted octanol–water partition coefficient (Wildman–Crippen LogP) is 4.33. The number of phenols is 1. The van der Waals surface area contributed by atoms with Crippen LogP contribution in [-0.4, -0.2) is 64.5 Å². The Morgan fingerprint density at radius 2 is 1.76 bits per heavy atom. The summed E-state index contributed by atoms with van der Waals surface area (Å²) in [7, 11) is 0. The fourth-order valence-electron chi connectivity index (χ4n) is 4.24. The van der Waals surface area contributed by atoms with Crippen molar-refractivity contribution in [3.05, 3.63) is 65.2 Å². The first-order valence-corrected chi connectivity index (χ1v) is 11.9. The van der Waals surface area contributed by atoms with Crippen molar-refractivity contribution in [2.75, 3.05) is 32.8 Å². The van der Waals surface area contributed by atoms with E-state index < -0.39 is 17.7 Å². The van der Waals surface area contributed by atoms with Crippen LogP contribution in [0.4, 0.5) is 0 Å². The number of hydrogen-bond acceptors (Lipinski definition) is 6. The maximum atomic E-state index is 13.1. The second kappa shape index (κ2) is 11.7. The fourth-order valence-corrected chi connectivity index (χ4v) is 4.24. The van der Waals surface area contributed by atoms with E-state index in [1.165, 1.54) is 17.0 Å². The van der Waals surface area contributed by atoms with Crippen LogP contribution in [0.2, 0.25) is 0 Å². The molecule has 0 spiro atoms. The number of amides is 1. The van der Waals surface area contributed by atoms with Crippen LogP contribution < -0.4 is 4.74 Å². The Hall–Kier alpha value is -3.32. The number of phenolic OH excluding ortho intramolecular Hbond substituents is 1. The smallest absolute Gasteiger partial charge is 0.295 e. The van der Waals surface area contributed by atoms with Crippen LogP contribution in [-0.2, 0) is 9.59 Å². The molecule has 3 rings (SSSR count). The summed E-state index contributed by atoms with van der Waals surface area (Å²) in [6.07, 6.45) is 1.57. The number of hydrogen-bond donors (Lipinski definition) is 2. The van der Waals surface area contributed by atoms with Crippen LogP contribution in [0, 0.1) is 0 Å². The fraction of sp³-hybridized carbons (Fsp3) is 0.407. The molecule has 1 unspecified atom stereocenters. The summed E-state index contributed by atoms with van der Waals surface area (Å²) < 4.78 is 5.60. The van der Waals surface area contributed by atoms with E-state index in [1.807, 2.05) is 6.92 Å². The molecule has 1 fully saturated rings. The summed E-state index contributed by atoms with van der Waals surface area (Å²) in [6, 6.07) is 12.5. The molecule has 0 bridgehead atoms. The standard InChI is InChI=1S/C27H34N2O5/c1-4-17-34-22-13-11-19(12-14-22)25(31)23-24(20-9-7-10-21(30)18-20)29(27(33)26(23)32)16-8-15-28(5-2)6-3/h7,9-14,18,24,30-31H,4-6,8,15-17H2,1-3H3/b25-23+. The minimum absolute atomic E-state index is 0.0284. The molecule has 1 amide bonds. The quantitative estimate of drug-likeness (QED) is 0.291. The van der Waals surface area contributed by atoms with E-state index in [1.54, 1.807) is 36.4 Å². The van der Waals surface area contributed by atoms with Gasteiger partial charge in [0.25, 0.3) is 11.7 Å². The molecule has 0 radical (unpaired) electrons. The Balaban J connectivity index is 1.98. The van der Waals surface area contributed by atoms with Crippen molar-refractivity contribution >= 4 is 17.4 Å². The molecule has 0 aliphatic carbocycles. The molecular weight excluding hydrogens is 432 g/mol. The lowest BCUT2D eigenvalue weighted by atomic mass is 9.95. The van der Waals surface area contributed by atoms with Crippen LogP contribution in [0.1, 0.15) is 50.8 Å². The molecule has 7 heteroatoms. The van der Waals surface area contributed by atoms with Crippen molar-refractivity contribution in [2.45, 2.75) is 39.7 Å². The van der Waals surface area contributed by atoms with E-state index >= 15 is 0 Å². The lowest BCUT2D eigenvalue weighted by Crippen LogP contribution is -2.33. The second-order valence-corrected chi connectivity index (χ2v) is 8.34. The molecule has 34 heavy (non-hydrogen) atoms. The average Bonchev–Trinajstić information content (AvgIpc) is 3.10. The number of aliphatic hydroxyl groups excluding tert-OH is 1. The van der Waals surface area contributed by atoms with Gasteiger partial charge in [0, 0.05) is 12.1 Å². The second-order valence-electron chi connectivity index (χ2n) is 8.34. The first-order chi connectivity index (χ1) is 16.4. The van der Waals surface area contributed by atoms with Gasteiger partial charge < -0.3 is 24.7 Å². The molecule has 1 aliphatic heterocycles. The van der Waals surface area contributed by atoms with Crippen molar-refractivity contribution < 1.29 is 24.5 Å². The van der Waals surface area contributed by atoms with Crippen molar-refractivity contribution in [1.29, 1.82) is 0 Å². The van der Waals surface area contributed by atoms with Gasteiger partial charge in [-0.25, -0.2) is 0 Å². The van der Waals surface area contributed by atoms with Gasteiger partial charge in [0.1, 0.15) is 17.3 Å². The zero-order valence-electron chi connectivity index (χ0n) is 20.2. The summed E-state index contributed by atoms with van der Waals surface area (Å²) >= 11 is 0. The van der Waals surface area contributed by atoms with Crippen molar-refractivity contribution in [1.82, 2.24) is 9.80 Å². The van der Waals surface area contributed by atoms with Crippen LogP contribution in [0.25, 0.3) is 5.76 Å². The molecule has 182 valence electrons. The lowest BCUT2D eigenvalue weighted by molar-refractivity contribution is -0.140. The summed E-state index contributed by atoms with van der Waals surface area (Å²) in [4.78, 5) is 29.9. The normalized spacial score (nSPS) is 17.5. The predicted molar refractivity (Wildman–Crippen MR) is 132 cm³/mol. The first-order valence-electron chi connectivity index (χ1n) is 11.9. The Morgan fingerprint density at radius 1 is 1.06 bits per heavy atom. The number of ketones is 1. The van der Waals surface area contributed by atoms with E-state index in [4.69, 9.17) is 4.74 Å². The lowest BCUT2D eigenvalue weighted by Gasteiger charge is -2.27. The first kappa shape index (κ1) is 25.3. The van der Waals surface area contributed by atoms with Gasteiger partial charge in [0.15, 0.2) is 0 Å². The molecule has 7 nitrogen and oxygen atoms in total. The van der Waals surface area contributed by atoms with E-state index in [2.05, 4.69) is 18.7 Å². The van der Waals surface area contributed by atoms with Gasteiger partial charge in [0.05, 0.1) is 18.2 Å². The van der Waals surface area contributed by atoms with Gasteiger partial charge in [-0.3, -0.25) is 9.59 Å². The Labute approximate surface area is 201 Å². The van der Waals surface area contributed by atoms with Crippen LogP contribution in [0.5, 0.6) is 11.5 Å². The number of rotatable bonds is 11. The number of aliphatic hydroxyl groups is 1. The molecular formula is C27H34N2O5. The number of Topliss-reactive ketones (excluding diaryl/α,β-unsaturated/α-hetero) is 1. The zero-order chi connectivity index (χ0) is 24.7. The molecule has 2 N–H and O–H groups in total. The number of likely N-dealkylation sites (tertiary alicyclic amines) is 1. The van der Waals surface area contributed by atoms with Crippen molar-refractivity contribution in [3.63, 3.8) is 0 Å². The third-order valence-electron chi connectivity index (χ3n) is 6.09. The van der Waals surface area contributed by atoms with Gasteiger partial charge >= 0.3 is 0 Å². The Kier molecular flexibility index (Phi) is 8.71. The molecule has 1 saturated heterocycles.